The number of hydrogen-bond donors (Lipinski definition) is 2. The molecule has 0 aromatic heterocycles. The van der Waals surface area contributed by atoms with Gasteiger partial charge in [0.15, 0.2) is 5.78 Å². The van der Waals surface area contributed by atoms with Gasteiger partial charge in [0.1, 0.15) is 0 Å². The van der Waals surface area contributed by atoms with E-state index in [1.165, 1.54) is 51.4 Å². The van der Waals surface area contributed by atoms with Gasteiger partial charge in [0.05, 0.1) is 17.9 Å². The minimum Gasteiger partial charge on any atom is -0.381 e. The van der Waals surface area contributed by atoms with Gasteiger partial charge in [-0.15, -0.1) is 0 Å². The van der Waals surface area contributed by atoms with E-state index in [2.05, 4.69) is 28.8 Å². The second-order valence-corrected chi connectivity index (χ2v) is 7.18. The highest BCUT2D eigenvalue weighted by Gasteiger charge is 2.22. The summed E-state index contributed by atoms with van der Waals surface area (Å²) >= 11 is 0. The molecule has 0 atom stereocenters. The average Bonchev–Trinajstić information content (AvgIpc) is 3.00. The molecule has 0 bridgehead atoms. The zero-order chi connectivity index (χ0) is 15.9. The van der Waals surface area contributed by atoms with E-state index in [0.29, 0.717) is 24.3 Å². The fourth-order valence-corrected chi connectivity index (χ4v) is 3.98. The van der Waals surface area contributed by atoms with Gasteiger partial charge in [-0.1, -0.05) is 50.7 Å². The number of ketones is 1. The normalized spacial score (nSPS) is 20.2. The van der Waals surface area contributed by atoms with E-state index in [1.54, 1.807) is 0 Å². The van der Waals surface area contributed by atoms with Crippen LogP contribution in [-0.2, 0) is 4.79 Å². The Hall–Kier alpha value is -1.51. The number of para-hydroxylation sites is 2. The van der Waals surface area contributed by atoms with Crippen LogP contribution in [0.25, 0.3) is 0 Å². The van der Waals surface area contributed by atoms with E-state index < -0.39 is 0 Å². The third kappa shape index (κ3) is 4.73. The molecule has 126 valence electrons. The van der Waals surface area contributed by atoms with Gasteiger partial charge < -0.3 is 10.6 Å². The molecule has 2 aliphatic carbocycles. The standard InChI is InChI=1S/C20H30N2O/c23-20(16-9-5-6-10-16)15-21-18-13-7-8-14-19(18)22-17-11-3-1-2-4-12-17/h7-8,13-14,16-17,21-22H,1-6,9-12,15H2. The fourth-order valence-electron chi connectivity index (χ4n) is 3.98. The number of nitrogens with one attached hydrogen (secondary N) is 2. The van der Waals surface area contributed by atoms with Crippen molar-refractivity contribution in [1.29, 1.82) is 0 Å². The molecule has 23 heavy (non-hydrogen) atoms. The van der Waals surface area contributed by atoms with Gasteiger partial charge in [-0.25, -0.2) is 0 Å². The Bertz CT molecular complexity index is 500. The summed E-state index contributed by atoms with van der Waals surface area (Å²) in [6.07, 6.45) is 12.5. The minimum absolute atomic E-state index is 0.296. The molecule has 0 aliphatic heterocycles. The first-order chi connectivity index (χ1) is 11.3. The zero-order valence-electron chi connectivity index (χ0n) is 14.2. The number of carbonyl (C=O) groups is 1. The molecule has 2 N–H and O–H groups in total. The lowest BCUT2D eigenvalue weighted by atomic mass is 10.0. The first kappa shape index (κ1) is 16.4. The third-order valence-electron chi connectivity index (χ3n) is 5.41. The van der Waals surface area contributed by atoms with Gasteiger partial charge in [0.25, 0.3) is 0 Å². The number of carbonyl (C=O) groups excluding carboxylic acids is 1. The highest BCUT2D eigenvalue weighted by molar-refractivity contribution is 5.86. The van der Waals surface area contributed by atoms with E-state index in [0.717, 1.165) is 24.2 Å². The first-order valence-corrected chi connectivity index (χ1v) is 9.45. The van der Waals surface area contributed by atoms with E-state index in [1.807, 2.05) is 6.07 Å². The van der Waals surface area contributed by atoms with Crippen LogP contribution < -0.4 is 10.6 Å². The summed E-state index contributed by atoms with van der Waals surface area (Å²) in [5.41, 5.74) is 2.22. The molecule has 2 saturated carbocycles. The lowest BCUT2D eigenvalue weighted by molar-refractivity contribution is -0.120. The largest absolute Gasteiger partial charge is 0.381 e. The molecule has 0 saturated heterocycles. The molecule has 0 unspecified atom stereocenters. The van der Waals surface area contributed by atoms with Gasteiger partial charge in [-0.05, 0) is 37.8 Å². The molecule has 3 heteroatoms. The highest BCUT2D eigenvalue weighted by atomic mass is 16.1. The van der Waals surface area contributed by atoms with Crippen LogP contribution in [0.1, 0.15) is 64.2 Å². The summed E-state index contributed by atoms with van der Waals surface area (Å²) in [6, 6.07) is 8.91. The Labute approximate surface area is 140 Å². The predicted octanol–water partition coefficient (Wildman–Crippen LogP) is 4.99. The van der Waals surface area contributed by atoms with E-state index in [9.17, 15) is 4.79 Å². The van der Waals surface area contributed by atoms with E-state index in [-0.39, 0.29) is 0 Å². The van der Waals surface area contributed by atoms with Gasteiger partial charge >= 0.3 is 0 Å². The fraction of sp³-hybridized carbons (Fsp3) is 0.650. The van der Waals surface area contributed by atoms with Crippen LogP contribution in [0.5, 0.6) is 0 Å². The molecular formula is C20H30N2O. The van der Waals surface area contributed by atoms with Crippen LogP contribution in [-0.4, -0.2) is 18.4 Å². The van der Waals surface area contributed by atoms with Gasteiger partial charge in [0, 0.05) is 12.0 Å². The highest BCUT2D eigenvalue weighted by Crippen LogP contribution is 2.28. The van der Waals surface area contributed by atoms with Gasteiger partial charge in [0.2, 0.25) is 0 Å². The van der Waals surface area contributed by atoms with Crippen molar-refractivity contribution in [2.24, 2.45) is 5.92 Å². The van der Waals surface area contributed by atoms with Crippen LogP contribution >= 0.6 is 0 Å². The molecule has 0 spiro atoms. The summed E-state index contributed by atoms with van der Waals surface area (Å²) in [6.45, 7) is 0.466. The lowest BCUT2D eigenvalue weighted by Crippen LogP contribution is -2.23. The van der Waals surface area contributed by atoms with E-state index >= 15 is 0 Å². The summed E-state index contributed by atoms with van der Waals surface area (Å²) in [7, 11) is 0. The maximum Gasteiger partial charge on any atom is 0.154 e. The molecule has 1 aromatic rings. The number of hydrogen-bond acceptors (Lipinski definition) is 3. The smallest absolute Gasteiger partial charge is 0.154 e. The average molecular weight is 314 g/mol. The van der Waals surface area contributed by atoms with Crippen molar-refractivity contribution in [3.05, 3.63) is 24.3 Å². The van der Waals surface area contributed by atoms with Crippen LogP contribution in [0.2, 0.25) is 0 Å². The maximum absolute atomic E-state index is 12.3. The molecule has 1 aromatic carbocycles. The molecule has 2 fully saturated rings. The summed E-state index contributed by atoms with van der Waals surface area (Å²) in [5, 5.41) is 7.09. The minimum atomic E-state index is 0.296. The van der Waals surface area contributed by atoms with Crippen LogP contribution in [0.4, 0.5) is 11.4 Å². The topological polar surface area (TPSA) is 41.1 Å². The molecule has 0 amide bonds. The van der Waals surface area contributed by atoms with Crippen molar-refractivity contribution >= 4 is 17.2 Å². The van der Waals surface area contributed by atoms with Crippen molar-refractivity contribution in [3.63, 3.8) is 0 Å². The van der Waals surface area contributed by atoms with E-state index in [4.69, 9.17) is 0 Å². The SMILES string of the molecule is O=C(CNc1ccccc1NC1CCCCCC1)C1CCCC1. The molecule has 3 rings (SSSR count). The predicted molar refractivity (Wildman–Crippen MR) is 97.0 cm³/mol. The maximum atomic E-state index is 12.3. The second kappa shape index (κ2) is 8.37. The van der Waals surface area contributed by atoms with Crippen LogP contribution in [0.15, 0.2) is 24.3 Å². The van der Waals surface area contributed by atoms with Gasteiger partial charge in [-0.3, -0.25) is 4.79 Å². The molecule has 0 radical (unpaired) electrons. The number of benzene rings is 1. The monoisotopic (exact) mass is 314 g/mol. The Kier molecular flexibility index (Phi) is 5.95. The van der Waals surface area contributed by atoms with Crippen molar-refractivity contribution in [1.82, 2.24) is 0 Å². The zero-order valence-corrected chi connectivity index (χ0v) is 14.2. The molecule has 3 nitrogen and oxygen atoms in total. The second-order valence-electron chi connectivity index (χ2n) is 7.18. The van der Waals surface area contributed by atoms with Gasteiger partial charge in [-0.2, -0.15) is 0 Å². The first-order valence-electron chi connectivity index (χ1n) is 9.45. The third-order valence-corrected chi connectivity index (χ3v) is 5.41. The Morgan fingerprint density at radius 2 is 1.48 bits per heavy atom. The quantitative estimate of drug-likeness (QED) is 0.727. The molecular weight excluding hydrogens is 284 g/mol. The number of anilines is 2. The molecule has 0 heterocycles. The number of rotatable bonds is 6. The van der Waals surface area contributed by atoms with Crippen molar-refractivity contribution in [3.8, 4) is 0 Å². The van der Waals surface area contributed by atoms with Crippen LogP contribution in [0.3, 0.4) is 0 Å². The lowest BCUT2D eigenvalue weighted by Gasteiger charge is -2.21. The van der Waals surface area contributed by atoms with Crippen molar-refractivity contribution < 1.29 is 4.79 Å². The Morgan fingerprint density at radius 1 is 0.870 bits per heavy atom. The molecule has 2 aliphatic rings. The Balaban J connectivity index is 1.57. The summed E-state index contributed by atoms with van der Waals surface area (Å²) in [4.78, 5) is 12.3. The number of Topliss-reactive ketones (excluding diaryl/α,β-unsaturated/α-hetero) is 1. The Morgan fingerprint density at radius 3 is 2.17 bits per heavy atom. The van der Waals surface area contributed by atoms with Crippen molar-refractivity contribution in [2.45, 2.75) is 70.3 Å². The summed E-state index contributed by atoms with van der Waals surface area (Å²) < 4.78 is 0. The van der Waals surface area contributed by atoms with Crippen LogP contribution in [0, 0.1) is 5.92 Å². The van der Waals surface area contributed by atoms with Crippen molar-refractivity contribution in [2.75, 3.05) is 17.2 Å². The summed E-state index contributed by atoms with van der Waals surface area (Å²) in [5.74, 6) is 0.677.